The van der Waals surface area contributed by atoms with E-state index >= 15 is 0 Å². The van der Waals surface area contributed by atoms with Crippen LogP contribution in [-0.2, 0) is 33.2 Å². The van der Waals surface area contributed by atoms with E-state index in [-0.39, 0.29) is 59.7 Å². The van der Waals surface area contributed by atoms with Gasteiger partial charge in [0.05, 0.1) is 43.5 Å². The summed E-state index contributed by atoms with van der Waals surface area (Å²) in [4.78, 5) is 13.1. The highest BCUT2D eigenvalue weighted by molar-refractivity contribution is 5.76. The van der Waals surface area contributed by atoms with Crippen molar-refractivity contribution < 1.29 is 74.1 Å². The lowest BCUT2D eigenvalue weighted by Crippen LogP contribution is -2.67. The third-order valence-corrected chi connectivity index (χ3v) is 18.6. The van der Waals surface area contributed by atoms with Gasteiger partial charge in [-0.1, -0.05) is 53.2 Å². The van der Waals surface area contributed by atoms with Gasteiger partial charge in [-0.15, -0.1) is 0 Å². The molecule has 0 bridgehead atoms. The second kappa shape index (κ2) is 16.2. The van der Waals surface area contributed by atoms with Gasteiger partial charge in [-0.25, -0.2) is 0 Å². The van der Waals surface area contributed by atoms with Gasteiger partial charge in [0, 0.05) is 11.8 Å². The Morgan fingerprint density at radius 1 is 0.754 bits per heavy atom. The van der Waals surface area contributed by atoms with Crippen LogP contribution in [0.2, 0.25) is 0 Å². The average molecular weight is 867 g/mol. The highest BCUT2D eigenvalue weighted by Crippen LogP contribution is 2.76. The molecule has 8 N–H and O–H groups in total. The Hall–Kier alpha value is -1.31. The van der Waals surface area contributed by atoms with Crippen molar-refractivity contribution >= 4 is 5.97 Å². The lowest BCUT2D eigenvalue weighted by atomic mass is 9.33. The van der Waals surface area contributed by atoms with Gasteiger partial charge in [0.2, 0.25) is 0 Å². The summed E-state index contributed by atoms with van der Waals surface area (Å²) in [7, 11) is 0. The van der Waals surface area contributed by atoms with Crippen LogP contribution in [0.25, 0.3) is 0 Å². The summed E-state index contributed by atoms with van der Waals surface area (Å²) < 4.78 is 36.9. The SMILES string of the molecule is C[C@@H]1O[C@@H](O[C@H]2[C@H](O[C@H]3CC[C@@]4(C)[C@@H](CC[C@]5(C)[C@@H]4CC=C4[C@@H]6CC(C)(C)CC[C@]6(C(=O)O)CC[C@]45C)[C@@]3(C)CO)OC[C@@H](O)[C@@H]2O)[C@H](O[C@@H]2OC[C@H](O)[C@H](O)[C@H]2O)C[C@H]1O. The topological polar surface area (TPSA) is 234 Å². The molecule has 3 saturated heterocycles. The third-order valence-electron chi connectivity index (χ3n) is 18.6. The molecule has 348 valence electrons. The van der Waals surface area contributed by atoms with Gasteiger partial charge in [0.25, 0.3) is 0 Å². The second-order valence-electron chi connectivity index (χ2n) is 22.3. The number of hydrogen-bond donors (Lipinski definition) is 8. The van der Waals surface area contributed by atoms with Crippen molar-refractivity contribution in [3.05, 3.63) is 11.6 Å². The number of carboxylic acid groups (broad SMARTS) is 1. The number of rotatable bonds is 8. The minimum Gasteiger partial charge on any atom is -0.481 e. The molecule has 61 heavy (non-hydrogen) atoms. The van der Waals surface area contributed by atoms with Crippen LogP contribution in [0.4, 0.5) is 0 Å². The maximum Gasteiger partial charge on any atom is 0.310 e. The molecular weight excluding hydrogens is 792 g/mol. The minimum atomic E-state index is -1.61. The molecule has 0 spiro atoms. The molecular formula is C46H74O15. The van der Waals surface area contributed by atoms with E-state index in [1.54, 1.807) is 6.92 Å². The zero-order chi connectivity index (χ0) is 44.2. The molecule has 21 atom stereocenters. The predicted molar refractivity (Wildman–Crippen MR) is 217 cm³/mol. The normalized spacial score (nSPS) is 54.6. The first-order valence-electron chi connectivity index (χ1n) is 23.0. The Morgan fingerprint density at radius 3 is 2.11 bits per heavy atom. The zero-order valence-corrected chi connectivity index (χ0v) is 37.1. The third kappa shape index (κ3) is 7.30. The Kier molecular flexibility index (Phi) is 12.3. The van der Waals surface area contributed by atoms with E-state index < -0.39 is 96.7 Å². The Labute approximate surface area is 360 Å². The van der Waals surface area contributed by atoms with Crippen LogP contribution < -0.4 is 0 Å². The summed E-state index contributed by atoms with van der Waals surface area (Å²) in [6.45, 7) is 14.9. The van der Waals surface area contributed by atoms with Crippen LogP contribution in [0.3, 0.4) is 0 Å². The molecule has 3 aliphatic heterocycles. The fourth-order valence-electron chi connectivity index (χ4n) is 14.4. The minimum absolute atomic E-state index is 0.0187. The van der Waals surface area contributed by atoms with E-state index in [0.717, 1.165) is 51.4 Å². The molecule has 8 aliphatic rings. The highest BCUT2D eigenvalue weighted by atomic mass is 16.8. The Morgan fingerprint density at radius 2 is 1.43 bits per heavy atom. The van der Waals surface area contributed by atoms with E-state index in [1.807, 2.05) is 0 Å². The molecule has 0 radical (unpaired) electrons. The van der Waals surface area contributed by atoms with E-state index in [1.165, 1.54) is 5.57 Å². The van der Waals surface area contributed by atoms with Gasteiger partial charge in [-0.05, 0) is 111 Å². The first kappa shape index (κ1) is 46.2. The van der Waals surface area contributed by atoms with Crippen LogP contribution in [0.1, 0.15) is 119 Å². The lowest BCUT2D eigenvalue weighted by molar-refractivity contribution is -0.374. The van der Waals surface area contributed by atoms with E-state index in [0.29, 0.717) is 18.8 Å². The van der Waals surface area contributed by atoms with Gasteiger partial charge in [0.1, 0.15) is 42.7 Å². The summed E-state index contributed by atoms with van der Waals surface area (Å²) >= 11 is 0. The van der Waals surface area contributed by atoms with Crippen LogP contribution in [0, 0.1) is 50.2 Å². The van der Waals surface area contributed by atoms with Crippen molar-refractivity contribution in [1.82, 2.24) is 0 Å². The summed E-state index contributed by atoms with van der Waals surface area (Å²) in [5.41, 5.74) is -0.389. The van der Waals surface area contributed by atoms with Crippen molar-refractivity contribution in [2.75, 3.05) is 19.8 Å². The molecule has 8 rings (SSSR count). The molecule has 15 nitrogen and oxygen atoms in total. The largest absolute Gasteiger partial charge is 0.481 e. The highest BCUT2D eigenvalue weighted by Gasteiger charge is 2.70. The molecule has 5 aliphatic carbocycles. The van der Waals surface area contributed by atoms with Gasteiger partial charge >= 0.3 is 5.97 Å². The molecule has 0 amide bonds. The first-order valence-corrected chi connectivity index (χ1v) is 23.0. The van der Waals surface area contributed by atoms with Crippen molar-refractivity contribution in [2.24, 2.45) is 50.2 Å². The smallest absolute Gasteiger partial charge is 0.310 e. The average Bonchev–Trinajstić information content (AvgIpc) is 3.20. The van der Waals surface area contributed by atoms with Crippen molar-refractivity contribution in [3.63, 3.8) is 0 Å². The number of aliphatic carboxylic acids is 1. The first-order chi connectivity index (χ1) is 28.5. The monoisotopic (exact) mass is 867 g/mol. The van der Waals surface area contributed by atoms with E-state index in [9.17, 15) is 45.6 Å². The van der Waals surface area contributed by atoms with Gasteiger partial charge in [-0.2, -0.15) is 0 Å². The van der Waals surface area contributed by atoms with E-state index in [2.05, 4.69) is 47.6 Å². The number of carboxylic acids is 1. The maximum atomic E-state index is 13.1. The van der Waals surface area contributed by atoms with Crippen molar-refractivity contribution in [2.45, 2.75) is 199 Å². The number of hydrogen-bond acceptors (Lipinski definition) is 14. The van der Waals surface area contributed by atoms with Gasteiger partial charge in [0.15, 0.2) is 18.9 Å². The molecule has 3 heterocycles. The van der Waals surface area contributed by atoms with Crippen LogP contribution in [-0.4, -0.2) is 147 Å². The van der Waals surface area contributed by atoms with Crippen molar-refractivity contribution in [1.29, 1.82) is 0 Å². The number of ether oxygens (including phenoxy) is 6. The lowest BCUT2D eigenvalue weighted by Gasteiger charge is -2.71. The molecule has 7 fully saturated rings. The standard InChI is InChI=1S/C46H74O15/c1-23-26(48)18-29(59-38-35(53)33(51)27(49)20-56-38)37(58-23)61-36-34(52)28(50)21-57-39(36)60-32-11-12-42(4)30(43(32,5)22-47)10-13-45(7)31(42)9-8-24-25-19-41(2,3)14-16-46(25,40(54)55)17-15-44(24,45)6/h8,23,25-39,47-53H,9-22H2,1-7H3,(H,54,55)/t23-,25-,26+,27-,28+,29+,30+,31+,32-,33-,34-,35+,36+,37-,38-,39-,42-,43+,44+,45+,46-/m0/s1. The Balaban J connectivity index is 1.03. The summed E-state index contributed by atoms with van der Waals surface area (Å²) in [6, 6.07) is 0. The quantitative estimate of drug-likeness (QED) is 0.129. The van der Waals surface area contributed by atoms with Crippen LogP contribution >= 0.6 is 0 Å². The van der Waals surface area contributed by atoms with E-state index in [4.69, 9.17) is 28.4 Å². The molecule has 0 unspecified atom stereocenters. The summed E-state index contributed by atoms with van der Waals surface area (Å²) in [6.07, 6.45) is -5.14. The fourth-order valence-corrected chi connectivity index (χ4v) is 14.4. The maximum absolute atomic E-state index is 13.1. The molecule has 0 aromatic carbocycles. The molecule has 0 aromatic rings. The second-order valence-corrected chi connectivity index (χ2v) is 22.3. The Bertz CT molecular complexity index is 1660. The molecule has 0 aromatic heterocycles. The fraction of sp³-hybridized carbons (Fsp3) is 0.935. The number of aliphatic hydroxyl groups excluding tert-OH is 7. The number of allylic oxidation sites excluding steroid dienone is 2. The number of aliphatic hydroxyl groups is 7. The van der Waals surface area contributed by atoms with Crippen molar-refractivity contribution in [3.8, 4) is 0 Å². The number of fused-ring (bicyclic) bond motifs is 7. The van der Waals surface area contributed by atoms with Crippen LogP contribution in [0.5, 0.6) is 0 Å². The molecule has 15 heteroatoms. The summed E-state index contributed by atoms with van der Waals surface area (Å²) in [5.74, 6) is -0.269. The number of carbonyl (C=O) groups is 1. The van der Waals surface area contributed by atoms with Crippen LogP contribution in [0.15, 0.2) is 11.6 Å². The predicted octanol–water partition coefficient (Wildman–Crippen LogP) is 3.01. The zero-order valence-electron chi connectivity index (χ0n) is 37.1. The molecule has 4 saturated carbocycles. The summed E-state index contributed by atoms with van der Waals surface area (Å²) in [5, 5.41) is 86.1. The van der Waals surface area contributed by atoms with Gasteiger partial charge < -0.3 is 69.3 Å². The van der Waals surface area contributed by atoms with Gasteiger partial charge in [-0.3, -0.25) is 4.79 Å².